The summed E-state index contributed by atoms with van der Waals surface area (Å²) in [4.78, 5) is 24.9. The van der Waals surface area contributed by atoms with Crippen molar-refractivity contribution in [3.8, 4) is 5.75 Å². The van der Waals surface area contributed by atoms with Crippen LogP contribution in [0.1, 0.15) is 10.4 Å². The van der Waals surface area contributed by atoms with Crippen molar-refractivity contribution in [3.05, 3.63) is 21.6 Å². The molecule has 1 aromatic rings. The summed E-state index contributed by atoms with van der Waals surface area (Å²) in [5, 5.41) is 2.79. The summed E-state index contributed by atoms with van der Waals surface area (Å²) in [5.41, 5.74) is 0.982. The number of ether oxygens (including phenoxy) is 1. The van der Waals surface area contributed by atoms with Crippen LogP contribution in [-0.4, -0.2) is 32.4 Å². The van der Waals surface area contributed by atoms with Crippen LogP contribution in [0, 0.1) is 4.91 Å². The molecule has 7 heteroatoms. The fourth-order valence-corrected chi connectivity index (χ4v) is 3.41. The Balaban J connectivity index is 2.73. The molecule has 2 rings (SSSR count). The van der Waals surface area contributed by atoms with Crippen molar-refractivity contribution in [2.75, 3.05) is 31.4 Å². The Hall–Kier alpha value is -1.27. The van der Waals surface area contributed by atoms with E-state index < -0.39 is 5.91 Å². The van der Waals surface area contributed by atoms with Crippen LogP contribution in [0.2, 0.25) is 5.02 Å². The average Bonchev–Trinajstić information content (AvgIpc) is 2.37. The summed E-state index contributed by atoms with van der Waals surface area (Å²) in [5.74, 6) is 0.184. The van der Waals surface area contributed by atoms with Crippen LogP contribution < -0.4 is 9.64 Å². The second-order valence-corrected chi connectivity index (χ2v) is 5.29. The number of hydrogen-bond acceptors (Lipinski definition) is 5. The summed E-state index contributed by atoms with van der Waals surface area (Å²) in [7, 11) is 3.32. The van der Waals surface area contributed by atoms with Crippen LogP contribution in [0.4, 0.5) is 5.69 Å². The highest BCUT2D eigenvalue weighted by atomic mass is 35.5. The molecule has 0 spiro atoms. The first-order valence-corrected chi connectivity index (χ1v) is 6.58. The predicted molar refractivity (Wildman–Crippen MR) is 72.1 cm³/mol. The highest BCUT2D eigenvalue weighted by Gasteiger charge is 2.28. The minimum atomic E-state index is -0.853. The number of halogens is 1. The molecule has 1 aliphatic rings. The SMILES string of the molecule is COc1c(Cl)cc2c(c1C(=O)N=O)SCCN2C. The number of amides is 1. The van der Waals surface area contributed by atoms with E-state index in [-0.39, 0.29) is 11.3 Å². The standard InChI is InChI=1S/C11H11ClN2O3S/c1-14-3-4-18-10-7(14)5-6(12)9(17-2)8(10)11(15)13-16/h5H,3-4H2,1-2H3. The van der Waals surface area contributed by atoms with Gasteiger partial charge < -0.3 is 9.64 Å². The van der Waals surface area contributed by atoms with Gasteiger partial charge in [-0.1, -0.05) is 11.6 Å². The lowest BCUT2D eigenvalue weighted by Gasteiger charge is -2.29. The molecule has 96 valence electrons. The minimum Gasteiger partial charge on any atom is -0.494 e. The van der Waals surface area contributed by atoms with Gasteiger partial charge in [0, 0.05) is 29.4 Å². The van der Waals surface area contributed by atoms with Crippen LogP contribution in [0.3, 0.4) is 0 Å². The van der Waals surface area contributed by atoms with E-state index in [1.54, 1.807) is 6.07 Å². The fourth-order valence-electron chi connectivity index (χ4n) is 1.88. The monoisotopic (exact) mass is 286 g/mol. The second-order valence-electron chi connectivity index (χ2n) is 3.78. The molecule has 0 saturated carbocycles. The first-order valence-electron chi connectivity index (χ1n) is 5.22. The van der Waals surface area contributed by atoms with E-state index in [0.717, 1.165) is 18.0 Å². The molecule has 0 aliphatic carbocycles. The molecule has 1 heterocycles. The number of benzene rings is 1. The second kappa shape index (κ2) is 5.16. The van der Waals surface area contributed by atoms with Crippen LogP contribution in [0.15, 0.2) is 16.1 Å². The number of anilines is 1. The third-order valence-corrected chi connectivity index (χ3v) is 4.12. The Morgan fingerprint density at radius 2 is 2.33 bits per heavy atom. The zero-order valence-corrected chi connectivity index (χ0v) is 11.5. The van der Waals surface area contributed by atoms with E-state index >= 15 is 0 Å². The van der Waals surface area contributed by atoms with Gasteiger partial charge in [0.15, 0.2) is 5.75 Å². The topological polar surface area (TPSA) is 59.0 Å². The molecule has 0 saturated heterocycles. The normalized spacial score (nSPS) is 14.1. The molecule has 0 unspecified atom stereocenters. The van der Waals surface area contributed by atoms with E-state index in [1.165, 1.54) is 18.9 Å². The summed E-state index contributed by atoms with van der Waals surface area (Å²) < 4.78 is 5.12. The summed E-state index contributed by atoms with van der Waals surface area (Å²) in [6.45, 7) is 0.850. The van der Waals surface area contributed by atoms with Crippen molar-refractivity contribution >= 4 is 35.0 Å². The molecule has 0 radical (unpaired) electrons. The number of methoxy groups -OCH3 is 1. The molecule has 0 fully saturated rings. The van der Waals surface area contributed by atoms with Gasteiger partial charge in [0.25, 0.3) is 0 Å². The number of nitroso groups, excluding NO2 is 1. The number of hydrogen-bond donors (Lipinski definition) is 0. The van der Waals surface area contributed by atoms with Gasteiger partial charge in [-0.2, -0.15) is 0 Å². The molecular formula is C11H11ClN2O3S. The third-order valence-electron chi connectivity index (χ3n) is 2.75. The quantitative estimate of drug-likeness (QED) is 0.783. The Labute approximate surface area is 113 Å². The van der Waals surface area contributed by atoms with Gasteiger partial charge in [-0.25, -0.2) is 0 Å². The van der Waals surface area contributed by atoms with E-state index in [2.05, 4.69) is 5.18 Å². The zero-order valence-electron chi connectivity index (χ0n) is 9.90. The Bertz CT molecular complexity index is 522. The van der Waals surface area contributed by atoms with E-state index in [4.69, 9.17) is 16.3 Å². The highest BCUT2D eigenvalue weighted by Crippen LogP contribution is 2.45. The number of carbonyl (C=O) groups excluding carboxylic acids is 1. The zero-order chi connectivity index (χ0) is 13.3. The molecule has 18 heavy (non-hydrogen) atoms. The molecule has 1 aliphatic heterocycles. The van der Waals surface area contributed by atoms with E-state index in [9.17, 15) is 9.70 Å². The molecule has 1 amide bonds. The lowest BCUT2D eigenvalue weighted by molar-refractivity contribution is 0.0995. The average molecular weight is 287 g/mol. The summed E-state index contributed by atoms with van der Waals surface area (Å²) in [6.07, 6.45) is 0. The maximum Gasteiger partial charge on any atom is 0.321 e. The van der Waals surface area contributed by atoms with Gasteiger partial charge >= 0.3 is 5.91 Å². The molecule has 0 aromatic heterocycles. The van der Waals surface area contributed by atoms with Gasteiger partial charge in [0.05, 0.1) is 17.8 Å². The van der Waals surface area contributed by atoms with Gasteiger partial charge in [-0.3, -0.25) is 4.79 Å². The van der Waals surface area contributed by atoms with E-state index in [1.807, 2.05) is 11.9 Å². The number of carbonyl (C=O) groups is 1. The molecule has 5 nitrogen and oxygen atoms in total. The molecule has 0 atom stereocenters. The minimum absolute atomic E-state index is 0.159. The number of fused-ring (bicyclic) bond motifs is 1. The molecule has 0 N–H and O–H groups in total. The number of thioether (sulfide) groups is 1. The van der Waals surface area contributed by atoms with Gasteiger partial charge in [-0.05, 0) is 6.07 Å². The molecular weight excluding hydrogens is 276 g/mol. The summed E-state index contributed by atoms with van der Waals surface area (Å²) in [6, 6.07) is 1.74. The van der Waals surface area contributed by atoms with Crippen molar-refractivity contribution in [2.24, 2.45) is 5.18 Å². The maximum atomic E-state index is 11.7. The number of nitrogens with zero attached hydrogens (tertiary/aromatic N) is 2. The number of rotatable bonds is 2. The van der Waals surface area contributed by atoms with Gasteiger partial charge in [0.2, 0.25) is 0 Å². The van der Waals surface area contributed by atoms with Crippen LogP contribution in [0.25, 0.3) is 0 Å². The van der Waals surface area contributed by atoms with Gasteiger partial charge in [-0.15, -0.1) is 16.7 Å². The molecule has 0 bridgehead atoms. The van der Waals surface area contributed by atoms with Crippen molar-refractivity contribution < 1.29 is 9.53 Å². The van der Waals surface area contributed by atoms with Crippen LogP contribution >= 0.6 is 23.4 Å². The maximum absolute atomic E-state index is 11.7. The largest absolute Gasteiger partial charge is 0.494 e. The molecule has 1 aromatic carbocycles. The van der Waals surface area contributed by atoms with Crippen molar-refractivity contribution in [1.82, 2.24) is 0 Å². The van der Waals surface area contributed by atoms with Crippen LogP contribution in [0.5, 0.6) is 5.75 Å². The first-order chi connectivity index (χ1) is 8.60. The van der Waals surface area contributed by atoms with Crippen molar-refractivity contribution in [2.45, 2.75) is 4.90 Å². The van der Waals surface area contributed by atoms with Crippen molar-refractivity contribution in [3.63, 3.8) is 0 Å². The third kappa shape index (κ3) is 2.06. The Morgan fingerprint density at radius 3 is 2.94 bits per heavy atom. The van der Waals surface area contributed by atoms with Crippen molar-refractivity contribution in [1.29, 1.82) is 0 Å². The fraction of sp³-hybridized carbons (Fsp3) is 0.364. The first kappa shape index (κ1) is 13.2. The summed E-state index contributed by atoms with van der Waals surface area (Å²) >= 11 is 7.58. The Morgan fingerprint density at radius 1 is 1.61 bits per heavy atom. The Kier molecular flexibility index (Phi) is 3.77. The highest BCUT2D eigenvalue weighted by molar-refractivity contribution is 7.99. The lowest BCUT2D eigenvalue weighted by Crippen LogP contribution is -2.25. The lowest BCUT2D eigenvalue weighted by atomic mass is 10.1. The van der Waals surface area contributed by atoms with Gasteiger partial charge in [0.1, 0.15) is 5.56 Å². The smallest absolute Gasteiger partial charge is 0.321 e. The van der Waals surface area contributed by atoms with Crippen LogP contribution in [-0.2, 0) is 0 Å². The van der Waals surface area contributed by atoms with E-state index in [0.29, 0.717) is 9.92 Å². The predicted octanol–water partition coefficient (Wildman–Crippen LogP) is 2.80.